The Balaban J connectivity index is 1.73. The number of anilines is 1. The largest absolute Gasteiger partial charge is 0.352 e. The number of imidazole rings is 1. The highest BCUT2D eigenvalue weighted by Crippen LogP contribution is 2.26. The molecule has 2 aromatic heterocycles. The topological polar surface area (TPSA) is 63.1 Å². The molecular formula is C21H25N5O. The Morgan fingerprint density at radius 2 is 2.07 bits per heavy atom. The lowest BCUT2D eigenvalue weighted by Gasteiger charge is -2.20. The van der Waals surface area contributed by atoms with Crippen molar-refractivity contribution in [1.82, 2.24) is 19.9 Å². The van der Waals surface area contributed by atoms with E-state index in [1.54, 1.807) is 6.92 Å². The van der Waals surface area contributed by atoms with Gasteiger partial charge in [-0.2, -0.15) is 4.98 Å². The van der Waals surface area contributed by atoms with E-state index in [0.717, 1.165) is 49.6 Å². The predicted octanol–water partition coefficient (Wildman–Crippen LogP) is 2.76. The van der Waals surface area contributed by atoms with Crippen molar-refractivity contribution in [2.24, 2.45) is 0 Å². The van der Waals surface area contributed by atoms with Gasteiger partial charge < -0.3 is 14.8 Å². The lowest BCUT2D eigenvalue weighted by Crippen LogP contribution is -2.36. The van der Waals surface area contributed by atoms with Crippen LogP contribution in [0.1, 0.15) is 31.4 Å². The number of aromatic nitrogens is 3. The molecule has 6 heteroatoms. The van der Waals surface area contributed by atoms with Gasteiger partial charge in [-0.15, -0.1) is 0 Å². The quantitative estimate of drug-likeness (QED) is 0.757. The van der Waals surface area contributed by atoms with Crippen molar-refractivity contribution in [2.75, 3.05) is 18.0 Å². The maximum absolute atomic E-state index is 11.4. The Labute approximate surface area is 159 Å². The molecule has 0 aliphatic carbocycles. The van der Waals surface area contributed by atoms with Gasteiger partial charge in [0.1, 0.15) is 0 Å². The molecule has 3 aromatic rings. The van der Waals surface area contributed by atoms with Gasteiger partial charge in [0, 0.05) is 32.3 Å². The summed E-state index contributed by atoms with van der Waals surface area (Å²) in [5.41, 5.74) is 4.29. The highest BCUT2D eigenvalue weighted by molar-refractivity contribution is 5.76. The molecule has 1 saturated heterocycles. The van der Waals surface area contributed by atoms with Gasteiger partial charge in [0.05, 0.1) is 12.1 Å². The van der Waals surface area contributed by atoms with Gasteiger partial charge in [-0.25, -0.2) is 4.98 Å². The summed E-state index contributed by atoms with van der Waals surface area (Å²) < 4.78 is 2.26. The number of carbonyl (C=O) groups excluding carboxylic acids is 1. The number of carbonyl (C=O) groups is 1. The van der Waals surface area contributed by atoms with Gasteiger partial charge in [-0.05, 0) is 30.0 Å². The van der Waals surface area contributed by atoms with E-state index in [4.69, 9.17) is 4.98 Å². The summed E-state index contributed by atoms with van der Waals surface area (Å²) in [6.45, 7) is 6.12. The van der Waals surface area contributed by atoms with E-state index >= 15 is 0 Å². The molecule has 1 fully saturated rings. The molecule has 27 heavy (non-hydrogen) atoms. The van der Waals surface area contributed by atoms with Crippen LogP contribution in [0.25, 0.3) is 11.2 Å². The lowest BCUT2D eigenvalue weighted by atomic mass is 10.2. The van der Waals surface area contributed by atoms with Crippen molar-refractivity contribution < 1.29 is 4.79 Å². The van der Waals surface area contributed by atoms with Gasteiger partial charge in [0.25, 0.3) is 0 Å². The third-order valence-corrected chi connectivity index (χ3v) is 5.11. The molecular weight excluding hydrogens is 338 g/mol. The van der Waals surface area contributed by atoms with Gasteiger partial charge in [-0.1, -0.05) is 37.3 Å². The second kappa shape index (κ2) is 7.39. The number of amides is 1. The highest BCUT2D eigenvalue weighted by Gasteiger charge is 2.27. The van der Waals surface area contributed by atoms with Gasteiger partial charge in [0.15, 0.2) is 5.65 Å². The van der Waals surface area contributed by atoms with Crippen molar-refractivity contribution in [3.8, 4) is 0 Å². The van der Waals surface area contributed by atoms with Crippen LogP contribution in [0.2, 0.25) is 0 Å². The Hall–Kier alpha value is -2.89. The first-order valence-corrected chi connectivity index (χ1v) is 9.55. The van der Waals surface area contributed by atoms with E-state index in [9.17, 15) is 4.79 Å². The van der Waals surface area contributed by atoms with Crippen LogP contribution in [-0.4, -0.2) is 39.6 Å². The van der Waals surface area contributed by atoms with Crippen LogP contribution in [0.5, 0.6) is 0 Å². The summed E-state index contributed by atoms with van der Waals surface area (Å²) in [4.78, 5) is 23.1. The minimum atomic E-state index is 0.0221. The molecule has 1 amide bonds. The standard InChI is InChI=1S/C21H25N5O/c1-3-16-11-19-20(22-12-16)24-21(25-10-9-18(14-25)23-15(2)27)26(19)13-17-7-5-4-6-8-17/h4-8,11-12,18H,3,9-10,13-14H2,1-2H3,(H,23,27)/t18-/m1/s1. The summed E-state index contributed by atoms with van der Waals surface area (Å²) in [6, 6.07) is 12.8. The van der Waals surface area contributed by atoms with Gasteiger partial charge >= 0.3 is 0 Å². The third kappa shape index (κ3) is 3.65. The number of aryl methyl sites for hydroxylation is 1. The minimum Gasteiger partial charge on any atom is -0.352 e. The molecule has 0 spiro atoms. The van der Waals surface area contributed by atoms with Gasteiger partial charge in [0.2, 0.25) is 11.9 Å². The van der Waals surface area contributed by atoms with Crippen LogP contribution in [0.4, 0.5) is 5.95 Å². The zero-order valence-corrected chi connectivity index (χ0v) is 15.9. The van der Waals surface area contributed by atoms with Crippen LogP contribution >= 0.6 is 0 Å². The van der Waals surface area contributed by atoms with Crippen LogP contribution in [0.15, 0.2) is 42.6 Å². The zero-order chi connectivity index (χ0) is 18.8. The molecule has 0 saturated carbocycles. The SMILES string of the molecule is CCc1cnc2nc(N3CC[C@@H](NC(C)=O)C3)n(Cc3ccccc3)c2c1. The Bertz CT molecular complexity index is 950. The van der Waals surface area contributed by atoms with E-state index < -0.39 is 0 Å². The summed E-state index contributed by atoms with van der Waals surface area (Å²) >= 11 is 0. The molecule has 3 heterocycles. The fraction of sp³-hybridized carbons (Fsp3) is 0.381. The van der Waals surface area contributed by atoms with E-state index in [0.29, 0.717) is 0 Å². The van der Waals surface area contributed by atoms with E-state index in [2.05, 4.69) is 57.0 Å². The normalized spacial score (nSPS) is 16.8. The number of benzene rings is 1. The first-order valence-electron chi connectivity index (χ1n) is 9.55. The molecule has 6 nitrogen and oxygen atoms in total. The van der Waals surface area contributed by atoms with E-state index in [1.165, 1.54) is 11.1 Å². The molecule has 0 unspecified atom stereocenters. The van der Waals surface area contributed by atoms with Crippen LogP contribution < -0.4 is 10.2 Å². The van der Waals surface area contributed by atoms with Crippen molar-refractivity contribution in [1.29, 1.82) is 0 Å². The summed E-state index contributed by atoms with van der Waals surface area (Å²) in [5, 5.41) is 3.03. The number of hydrogen-bond donors (Lipinski definition) is 1. The fourth-order valence-corrected chi connectivity index (χ4v) is 3.74. The maximum atomic E-state index is 11.4. The van der Waals surface area contributed by atoms with Crippen molar-refractivity contribution in [3.05, 3.63) is 53.7 Å². The number of nitrogens with one attached hydrogen (secondary N) is 1. The zero-order valence-electron chi connectivity index (χ0n) is 15.9. The van der Waals surface area contributed by atoms with Crippen LogP contribution in [0, 0.1) is 0 Å². The molecule has 1 aliphatic rings. The fourth-order valence-electron chi connectivity index (χ4n) is 3.74. The molecule has 1 aromatic carbocycles. The monoisotopic (exact) mass is 363 g/mol. The molecule has 4 rings (SSSR count). The first kappa shape index (κ1) is 17.5. The number of fused-ring (bicyclic) bond motifs is 1. The second-order valence-corrected chi connectivity index (χ2v) is 7.16. The summed E-state index contributed by atoms with van der Waals surface area (Å²) in [5.74, 6) is 0.955. The van der Waals surface area contributed by atoms with E-state index in [-0.39, 0.29) is 11.9 Å². The summed E-state index contributed by atoms with van der Waals surface area (Å²) in [7, 11) is 0. The molecule has 1 atom stereocenters. The molecule has 0 radical (unpaired) electrons. The highest BCUT2D eigenvalue weighted by atomic mass is 16.1. The van der Waals surface area contributed by atoms with Crippen LogP contribution in [0.3, 0.4) is 0 Å². The van der Waals surface area contributed by atoms with Gasteiger partial charge in [-0.3, -0.25) is 4.79 Å². The maximum Gasteiger partial charge on any atom is 0.217 e. The number of hydrogen-bond acceptors (Lipinski definition) is 4. The number of nitrogens with zero attached hydrogens (tertiary/aromatic N) is 4. The smallest absolute Gasteiger partial charge is 0.217 e. The molecule has 1 N–H and O–H groups in total. The Morgan fingerprint density at radius 1 is 1.26 bits per heavy atom. The molecule has 1 aliphatic heterocycles. The Morgan fingerprint density at radius 3 is 2.81 bits per heavy atom. The van der Waals surface area contributed by atoms with E-state index in [1.807, 2.05) is 12.3 Å². The van der Waals surface area contributed by atoms with Crippen molar-refractivity contribution in [2.45, 2.75) is 39.3 Å². The van der Waals surface area contributed by atoms with Crippen molar-refractivity contribution in [3.63, 3.8) is 0 Å². The Kier molecular flexibility index (Phi) is 4.79. The third-order valence-electron chi connectivity index (χ3n) is 5.11. The molecule has 0 bridgehead atoms. The number of rotatable bonds is 5. The second-order valence-electron chi connectivity index (χ2n) is 7.16. The predicted molar refractivity (Wildman–Crippen MR) is 107 cm³/mol. The number of pyridine rings is 1. The summed E-state index contributed by atoms with van der Waals surface area (Å²) in [6.07, 6.45) is 3.79. The average Bonchev–Trinajstić information content (AvgIpc) is 3.26. The van der Waals surface area contributed by atoms with Crippen molar-refractivity contribution >= 4 is 23.0 Å². The molecule has 140 valence electrons. The minimum absolute atomic E-state index is 0.0221. The van der Waals surface area contributed by atoms with Crippen LogP contribution in [-0.2, 0) is 17.8 Å². The first-order chi connectivity index (χ1) is 13.1. The lowest BCUT2D eigenvalue weighted by molar-refractivity contribution is -0.119. The average molecular weight is 363 g/mol.